The summed E-state index contributed by atoms with van der Waals surface area (Å²) >= 11 is 1.57. The molecule has 1 aromatic rings. The fraction of sp³-hybridized carbons (Fsp3) is 0.800. The van der Waals surface area contributed by atoms with E-state index in [9.17, 15) is 4.79 Å². The van der Waals surface area contributed by atoms with Crippen LogP contribution in [-0.4, -0.2) is 59.5 Å². The minimum Gasteiger partial charge on any atom is -0.301 e. The van der Waals surface area contributed by atoms with Crippen molar-refractivity contribution in [1.82, 2.24) is 14.8 Å². The predicted molar refractivity (Wildman–Crippen MR) is 107 cm³/mol. The molecule has 3 heterocycles. The summed E-state index contributed by atoms with van der Waals surface area (Å²) in [7, 11) is 0. The van der Waals surface area contributed by atoms with Gasteiger partial charge in [-0.3, -0.25) is 14.6 Å². The minimum absolute atomic E-state index is 0.0910. The van der Waals surface area contributed by atoms with Crippen LogP contribution in [0.15, 0.2) is 0 Å². The van der Waals surface area contributed by atoms with E-state index in [1.54, 1.807) is 11.3 Å². The zero-order valence-electron chi connectivity index (χ0n) is 16.2. The normalized spacial score (nSPS) is 30.3. The van der Waals surface area contributed by atoms with Crippen LogP contribution in [0.1, 0.15) is 49.1 Å². The Kier molecular flexibility index (Phi) is 5.62. The Bertz CT molecular complexity index is 606. The van der Waals surface area contributed by atoms with Crippen molar-refractivity contribution in [3.63, 3.8) is 0 Å². The lowest BCUT2D eigenvalue weighted by atomic mass is 9.72. The number of fused-ring (bicyclic) bond motifs is 2. The van der Waals surface area contributed by atoms with Crippen LogP contribution in [0, 0.1) is 25.7 Å². The van der Waals surface area contributed by atoms with Crippen molar-refractivity contribution < 1.29 is 4.79 Å². The third kappa shape index (κ3) is 3.97. The molecule has 26 heavy (non-hydrogen) atoms. The Balaban J connectivity index is 1.35. The average molecular weight is 377 g/mol. The number of amides is 1. The summed E-state index contributed by atoms with van der Waals surface area (Å²) in [5, 5.41) is 3.75. The predicted octanol–water partition coefficient (Wildman–Crippen LogP) is 3.28. The lowest BCUT2D eigenvalue weighted by molar-refractivity contribution is -0.119. The fourth-order valence-corrected chi connectivity index (χ4v) is 6.17. The zero-order valence-corrected chi connectivity index (χ0v) is 17.0. The zero-order chi connectivity index (χ0) is 18.1. The SMILES string of the molecule is Cc1nc(NC(=O)CN2CC3CCCC(C2)C3N2CCCCC2)sc1C. The Labute approximate surface area is 161 Å². The molecule has 3 aliphatic rings. The van der Waals surface area contributed by atoms with E-state index in [0.717, 1.165) is 41.8 Å². The lowest BCUT2D eigenvalue weighted by Gasteiger charge is -2.52. The summed E-state index contributed by atoms with van der Waals surface area (Å²) in [6, 6.07) is 0.771. The number of thiazole rings is 1. The van der Waals surface area contributed by atoms with Crippen LogP contribution in [0.2, 0.25) is 0 Å². The van der Waals surface area contributed by atoms with E-state index in [-0.39, 0.29) is 5.91 Å². The van der Waals surface area contributed by atoms with E-state index in [4.69, 9.17) is 0 Å². The van der Waals surface area contributed by atoms with Gasteiger partial charge >= 0.3 is 0 Å². The molecule has 2 saturated heterocycles. The average Bonchev–Trinajstić information content (AvgIpc) is 2.92. The van der Waals surface area contributed by atoms with Gasteiger partial charge in [-0.2, -0.15) is 0 Å². The molecule has 144 valence electrons. The molecule has 2 bridgehead atoms. The molecule has 1 N–H and O–H groups in total. The number of anilines is 1. The number of hydrogen-bond acceptors (Lipinski definition) is 5. The monoisotopic (exact) mass is 376 g/mol. The first kappa shape index (κ1) is 18.4. The molecule has 5 nitrogen and oxygen atoms in total. The summed E-state index contributed by atoms with van der Waals surface area (Å²) in [6.45, 7) is 9.31. The van der Waals surface area contributed by atoms with E-state index < -0.39 is 0 Å². The van der Waals surface area contributed by atoms with Gasteiger partial charge in [0.25, 0.3) is 0 Å². The summed E-state index contributed by atoms with van der Waals surface area (Å²) in [6.07, 6.45) is 8.18. The molecule has 2 atom stereocenters. The third-order valence-electron chi connectivity index (χ3n) is 6.56. The van der Waals surface area contributed by atoms with Crippen LogP contribution in [0.3, 0.4) is 0 Å². The number of piperidine rings is 2. The van der Waals surface area contributed by atoms with E-state index in [1.807, 2.05) is 6.92 Å². The fourth-order valence-electron chi connectivity index (χ4n) is 5.34. The van der Waals surface area contributed by atoms with Gasteiger partial charge in [-0.1, -0.05) is 12.8 Å². The number of nitrogens with zero attached hydrogens (tertiary/aromatic N) is 3. The standard InChI is InChI=1S/C20H32N4OS/c1-14-15(2)26-20(21-14)22-18(25)13-23-11-16-7-6-8-17(12-23)19(16)24-9-4-3-5-10-24/h16-17,19H,3-13H2,1-2H3,(H,21,22,25). The lowest BCUT2D eigenvalue weighted by Crippen LogP contribution is -2.59. The maximum Gasteiger partial charge on any atom is 0.240 e. The van der Waals surface area contributed by atoms with Gasteiger partial charge < -0.3 is 5.32 Å². The van der Waals surface area contributed by atoms with E-state index in [0.29, 0.717) is 6.54 Å². The van der Waals surface area contributed by atoms with Crippen molar-refractivity contribution in [3.05, 3.63) is 10.6 Å². The van der Waals surface area contributed by atoms with Gasteiger partial charge in [0.15, 0.2) is 5.13 Å². The summed E-state index contributed by atoms with van der Waals surface area (Å²) in [5.41, 5.74) is 1.02. The maximum absolute atomic E-state index is 12.5. The second kappa shape index (κ2) is 7.95. The number of aryl methyl sites for hydroxylation is 2. The molecule has 2 unspecified atom stereocenters. The van der Waals surface area contributed by atoms with Gasteiger partial charge in [0, 0.05) is 24.0 Å². The van der Waals surface area contributed by atoms with Crippen LogP contribution in [0.4, 0.5) is 5.13 Å². The third-order valence-corrected chi connectivity index (χ3v) is 7.54. The van der Waals surface area contributed by atoms with Gasteiger partial charge in [-0.25, -0.2) is 4.98 Å². The van der Waals surface area contributed by atoms with Crippen molar-refractivity contribution in [3.8, 4) is 0 Å². The van der Waals surface area contributed by atoms with Gasteiger partial charge in [-0.05, 0) is 64.5 Å². The molecule has 1 aliphatic carbocycles. The smallest absolute Gasteiger partial charge is 0.240 e. The maximum atomic E-state index is 12.5. The van der Waals surface area contributed by atoms with Crippen LogP contribution >= 0.6 is 11.3 Å². The van der Waals surface area contributed by atoms with Crippen LogP contribution in [-0.2, 0) is 4.79 Å². The van der Waals surface area contributed by atoms with Crippen molar-refractivity contribution in [1.29, 1.82) is 0 Å². The molecular weight excluding hydrogens is 344 g/mol. The quantitative estimate of drug-likeness (QED) is 0.876. The summed E-state index contributed by atoms with van der Waals surface area (Å²) in [5.74, 6) is 1.59. The van der Waals surface area contributed by atoms with Gasteiger partial charge in [-0.15, -0.1) is 11.3 Å². The minimum atomic E-state index is 0.0910. The topological polar surface area (TPSA) is 48.5 Å². The van der Waals surface area contributed by atoms with E-state index in [2.05, 4.69) is 27.0 Å². The first-order chi connectivity index (χ1) is 12.6. The van der Waals surface area contributed by atoms with E-state index in [1.165, 1.54) is 56.5 Å². The molecule has 3 fully saturated rings. The Morgan fingerprint density at radius 1 is 1.12 bits per heavy atom. The van der Waals surface area contributed by atoms with Crippen molar-refractivity contribution in [2.45, 2.75) is 58.4 Å². The number of hydrogen-bond donors (Lipinski definition) is 1. The molecule has 2 aliphatic heterocycles. The number of carbonyl (C=O) groups excluding carboxylic acids is 1. The van der Waals surface area contributed by atoms with Crippen molar-refractivity contribution in [2.24, 2.45) is 11.8 Å². The van der Waals surface area contributed by atoms with Gasteiger partial charge in [0.1, 0.15) is 0 Å². The molecule has 1 saturated carbocycles. The highest BCUT2D eigenvalue weighted by Gasteiger charge is 2.42. The van der Waals surface area contributed by atoms with Crippen LogP contribution in [0.25, 0.3) is 0 Å². The van der Waals surface area contributed by atoms with Gasteiger partial charge in [0.05, 0.1) is 12.2 Å². The first-order valence-electron chi connectivity index (χ1n) is 10.3. The molecule has 0 radical (unpaired) electrons. The Morgan fingerprint density at radius 2 is 1.81 bits per heavy atom. The highest BCUT2D eigenvalue weighted by Crippen LogP contribution is 2.39. The highest BCUT2D eigenvalue weighted by molar-refractivity contribution is 7.15. The van der Waals surface area contributed by atoms with Crippen molar-refractivity contribution in [2.75, 3.05) is 38.0 Å². The second-order valence-electron chi connectivity index (χ2n) is 8.44. The van der Waals surface area contributed by atoms with Gasteiger partial charge in [0.2, 0.25) is 5.91 Å². The second-order valence-corrected chi connectivity index (χ2v) is 9.64. The van der Waals surface area contributed by atoms with E-state index >= 15 is 0 Å². The molecule has 1 aromatic heterocycles. The molecule has 0 aromatic carbocycles. The molecule has 1 amide bonds. The largest absolute Gasteiger partial charge is 0.301 e. The molecule has 4 rings (SSSR count). The Morgan fingerprint density at radius 3 is 2.42 bits per heavy atom. The van der Waals surface area contributed by atoms with Crippen molar-refractivity contribution >= 4 is 22.4 Å². The van der Waals surface area contributed by atoms with Crippen LogP contribution in [0.5, 0.6) is 0 Å². The highest BCUT2D eigenvalue weighted by atomic mass is 32.1. The number of aromatic nitrogens is 1. The van der Waals surface area contributed by atoms with Crippen LogP contribution < -0.4 is 5.32 Å². The number of likely N-dealkylation sites (tertiary alicyclic amines) is 2. The molecule has 6 heteroatoms. The number of rotatable bonds is 4. The summed E-state index contributed by atoms with van der Waals surface area (Å²) in [4.78, 5) is 23.3. The Hall–Kier alpha value is -0.980. The first-order valence-corrected chi connectivity index (χ1v) is 11.1. The molecular formula is C20H32N4OS. The summed E-state index contributed by atoms with van der Waals surface area (Å²) < 4.78 is 0. The molecule has 0 spiro atoms. The number of carbonyl (C=O) groups is 1. The number of nitrogens with one attached hydrogen (secondary N) is 1.